The Morgan fingerprint density at radius 3 is 2.74 bits per heavy atom. The monoisotopic (exact) mass is 343 g/mol. The number of thiocarbonyl (C=S) groups is 1. The average Bonchev–Trinajstić information content (AvgIpc) is 2.99. The van der Waals surface area contributed by atoms with Gasteiger partial charge < -0.3 is 5.73 Å². The molecule has 23 heavy (non-hydrogen) atoms. The molecule has 3 aromatic rings. The second kappa shape index (κ2) is 6.60. The second-order valence-electron chi connectivity index (χ2n) is 5.34. The van der Waals surface area contributed by atoms with E-state index < -0.39 is 0 Å². The molecule has 0 bridgehead atoms. The van der Waals surface area contributed by atoms with Gasteiger partial charge in [-0.3, -0.25) is 9.36 Å². The van der Waals surface area contributed by atoms with Crippen LogP contribution in [0.3, 0.4) is 0 Å². The number of benzene rings is 1. The highest BCUT2D eigenvalue weighted by molar-refractivity contribution is 7.80. The van der Waals surface area contributed by atoms with Crippen LogP contribution in [-0.2, 0) is 13.0 Å². The zero-order valence-corrected chi connectivity index (χ0v) is 14.4. The predicted octanol–water partition coefficient (Wildman–Crippen LogP) is 3.36. The van der Waals surface area contributed by atoms with E-state index in [1.807, 2.05) is 5.38 Å². The van der Waals surface area contributed by atoms with Gasteiger partial charge in [-0.1, -0.05) is 43.4 Å². The SMILES string of the molecule is CCc1ccc(-c2csc3ncn(CCC(N)=S)c(=O)c23)cc1. The maximum Gasteiger partial charge on any atom is 0.262 e. The lowest BCUT2D eigenvalue weighted by Crippen LogP contribution is -2.23. The summed E-state index contributed by atoms with van der Waals surface area (Å²) in [6.07, 6.45) is 3.06. The van der Waals surface area contributed by atoms with Gasteiger partial charge in [0.2, 0.25) is 0 Å². The largest absolute Gasteiger partial charge is 0.393 e. The van der Waals surface area contributed by atoms with Crippen LogP contribution in [0.15, 0.2) is 40.8 Å². The molecule has 0 unspecified atom stereocenters. The molecule has 0 saturated carbocycles. The van der Waals surface area contributed by atoms with Crippen molar-refractivity contribution in [2.24, 2.45) is 5.73 Å². The first kappa shape index (κ1) is 15.8. The number of rotatable bonds is 5. The highest BCUT2D eigenvalue weighted by atomic mass is 32.1. The first-order valence-electron chi connectivity index (χ1n) is 7.44. The summed E-state index contributed by atoms with van der Waals surface area (Å²) in [7, 11) is 0. The van der Waals surface area contributed by atoms with Crippen LogP contribution >= 0.6 is 23.6 Å². The normalized spacial score (nSPS) is 11.0. The molecule has 2 N–H and O–H groups in total. The number of nitrogens with zero attached hydrogens (tertiary/aromatic N) is 2. The molecular formula is C17H17N3OS2. The Bertz CT molecular complexity index is 910. The van der Waals surface area contributed by atoms with Crippen LogP contribution in [-0.4, -0.2) is 14.5 Å². The zero-order valence-electron chi connectivity index (χ0n) is 12.8. The number of hydrogen-bond acceptors (Lipinski definition) is 4. The smallest absolute Gasteiger partial charge is 0.262 e. The number of fused-ring (bicyclic) bond motifs is 1. The van der Waals surface area contributed by atoms with Crippen molar-refractivity contribution in [2.45, 2.75) is 26.3 Å². The standard InChI is InChI=1S/C17H17N3OS2/c1-2-11-3-5-12(6-4-11)13-9-23-16-15(13)17(21)20(10-19-16)8-7-14(18)22/h3-6,9-10H,2,7-8H2,1H3,(H2,18,22). The molecule has 2 heterocycles. The Hall–Kier alpha value is -2.05. The molecule has 2 aromatic heterocycles. The fraction of sp³-hybridized carbons (Fsp3) is 0.235. The average molecular weight is 343 g/mol. The third-order valence-corrected chi connectivity index (χ3v) is 4.92. The van der Waals surface area contributed by atoms with Crippen LogP contribution in [0.1, 0.15) is 18.9 Å². The second-order valence-corrected chi connectivity index (χ2v) is 6.72. The molecule has 0 amide bonds. The topological polar surface area (TPSA) is 60.9 Å². The van der Waals surface area contributed by atoms with Crippen LogP contribution in [0.25, 0.3) is 21.3 Å². The lowest BCUT2D eigenvalue weighted by atomic mass is 10.0. The van der Waals surface area contributed by atoms with E-state index in [4.69, 9.17) is 18.0 Å². The van der Waals surface area contributed by atoms with Crippen LogP contribution in [0.2, 0.25) is 0 Å². The van der Waals surface area contributed by atoms with Gasteiger partial charge in [0.15, 0.2) is 0 Å². The van der Waals surface area contributed by atoms with Gasteiger partial charge in [-0.05, 0) is 17.5 Å². The third-order valence-electron chi connectivity index (χ3n) is 3.83. The summed E-state index contributed by atoms with van der Waals surface area (Å²) in [5, 5.41) is 2.67. The van der Waals surface area contributed by atoms with Crippen LogP contribution in [0.4, 0.5) is 0 Å². The van der Waals surface area contributed by atoms with Crippen molar-refractivity contribution in [1.29, 1.82) is 0 Å². The molecule has 0 saturated heterocycles. The molecular weight excluding hydrogens is 326 g/mol. The Morgan fingerprint density at radius 2 is 2.09 bits per heavy atom. The molecule has 1 aromatic carbocycles. The van der Waals surface area contributed by atoms with Gasteiger partial charge in [0, 0.05) is 23.9 Å². The van der Waals surface area contributed by atoms with Gasteiger partial charge in [0.05, 0.1) is 16.7 Å². The number of aryl methyl sites for hydroxylation is 2. The Balaban J connectivity index is 2.08. The fourth-order valence-corrected chi connectivity index (χ4v) is 3.49. The fourth-order valence-electron chi connectivity index (χ4n) is 2.49. The quantitative estimate of drug-likeness (QED) is 0.722. The van der Waals surface area contributed by atoms with E-state index >= 15 is 0 Å². The van der Waals surface area contributed by atoms with Crippen molar-refractivity contribution in [1.82, 2.24) is 9.55 Å². The molecule has 6 heteroatoms. The van der Waals surface area contributed by atoms with Gasteiger partial charge in [-0.25, -0.2) is 4.98 Å². The van der Waals surface area contributed by atoms with E-state index in [9.17, 15) is 4.79 Å². The van der Waals surface area contributed by atoms with Crippen molar-refractivity contribution in [3.05, 3.63) is 51.9 Å². The minimum Gasteiger partial charge on any atom is -0.393 e. The van der Waals surface area contributed by atoms with Crippen molar-refractivity contribution < 1.29 is 0 Å². The van der Waals surface area contributed by atoms with Gasteiger partial charge in [0.1, 0.15) is 4.83 Å². The van der Waals surface area contributed by atoms with Gasteiger partial charge in [-0.2, -0.15) is 0 Å². The molecule has 0 atom stereocenters. The lowest BCUT2D eigenvalue weighted by Gasteiger charge is -2.06. The first-order chi connectivity index (χ1) is 11.1. The summed E-state index contributed by atoms with van der Waals surface area (Å²) < 4.78 is 1.58. The van der Waals surface area contributed by atoms with Crippen LogP contribution in [0, 0.1) is 0 Å². The summed E-state index contributed by atoms with van der Waals surface area (Å²) in [4.78, 5) is 18.3. The zero-order chi connectivity index (χ0) is 16.4. The molecule has 0 aliphatic heterocycles. The summed E-state index contributed by atoms with van der Waals surface area (Å²) in [6.45, 7) is 2.58. The summed E-state index contributed by atoms with van der Waals surface area (Å²) >= 11 is 6.38. The van der Waals surface area contributed by atoms with Crippen molar-refractivity contribution in [3.63, 3.8) is 0 Å². The minimum atomic E-state index is -0.0398. The minimum absolute atomic E-state index is 0.0398. The van der Waals surface area contributed by atoms with E-state index in [1.54, 1.807) is 10.9 Å². The molecule has 0 spiro atoms. The van der Waals surface area contributed by atoms with E-state index in [0.29, 0.717) is 23.3 Å². The molecule has 0 aliphatic rings. The first-order valence-corrected chi connectivity index (χ1v) is 8.73. The van der Waals surface area contributed by atoms with E-state index in [1.165, 1.54) is 16.9 Å². The highest BCUT2D eigenvalue weighted by Crippen LogP contribution is 2.30. The molecule has 0 aliphatic carbocycles. The maximum atomic E-state index is 12.8. The lowest BCUT2D eigenvalue weighted by molar-refractivity contribution is 0.688. The molecule has 4 nitrogen and oxygen atoms in total. The number of nitrogens with two attached hydrogens (primary N) is 1. The van der Waals surface area contributed by atoms with Crippen molar-refractivity contribution >= 4 is 38.8 Å². The van der Waals surface area contributed by atoms with Gasteiger partial charge in [0.25, 0.3) is 5.56 Å². The van der Waals surface area contributed by atoms with Gasteiger partial charge >= 0.3 is 0 Å². The predicted molar refractivity (Wildman–Crippen MR) is 100 cm³/mol. The van der Waals surface area contributed by atoms with Crippen molar-refractivity contribution in [2.75, 3.05) is 0 Å². The molecule has 118 valence electrons. The Kier molecular flexibility index (Phi) is 4.54. The maximum absolute atomic E-state index is 12.8. The van der Waals surface area contributed by atoms with Gasteiger partial charge in [-0.15, -0.1) is 11.3 Å². The van der Waals surface area contributed by atoms with E-state index in [-0.39, 0.29) is 5.56 Å². The highest BCUT2D eigenvalue weighted by Gasteiger charge is 2.13. The number of aromatic nitrogens is 2. The van der Waals surface area contributed by atoms with E-state index in [2.05, 4.69) is 36.2 Å². The number of thiophene rings is 1. The summed E-state index contributed by atoms with van der Waals surface area (Å²) in [5.74, 6) is 0. The van der Waals surface area contributed by atoms with E-state index in [0.717, 1.165) is 22.4 Å². The summed E-state index contributed by atoms with van der Waals surface area (Å²) in [6, 6.07) is 8.32. The van der Waals surface area contributed by atoms with Crippen molar-refractivity contribution in [3.8, 4) is 11.1 Å². The Morgan fingerprint density at radius 1 is 1.35 bits per heavy atom. The van der Waals surface area contributed by atoms with Crippen LogP contribution < -0.4 is 11.3 Å². The number of hydrogen-bond donors (Lipinski definition) is 1. The van der Waals surface area contributed by atoms with Crippen LogP contribution in [0.5, 0.6) is 0 Å². The Labute approximate surface area is 143 Å². The summed E-state index contributed by atoms with van der Waals surface area (Å²) in [5.41, 5.74) is 8.75. The third kappa shape index (κ3) is 3.18. The molecule has 0 radical (unpaired) electrons. The molecule has 3 rings (SSSR count). The molecule has 0 fully saturated rings.